The van der Waals surface area contributed by atoms with Gasteiger partial charge in [-0.05, 0) is 110 Å². The fraction of sp³-hybridized carbons (Fsp3) is 0.474. The Hall–Kier alpha value is -5.60. The van der Waals surface area contributed by atoms with Gasteiger partial charge in [-0.25, -0.2) is 28.1 Å². The summed E-state index contributed by atoms with van der Waals surface area (Å²) >= 11 is 5.32. The Morgan fingerprint density at radius 2 is 1.66 bits per heavy atom. The number of hydrogen-bond acceptors (Lipinski definition) is 24. The van der Waals surface area contributed by atoms with Gasteiger partial charge in [0.2, 0.25) is 0 Å². The van der Waals surface area contributed by atoms with Gasteiger partial charge in [-0.15, -0.1) is 0 Å². The number of carboxylic acid groups (broad SMARTS) is 1. The molecule has 37 heteroatoms. The topological polar surface area (TPSA) is 441 Å². The van der Waals surface area contributed by atoms with Crippen molar-refractivity contribution in [1.82, 2.24) is 25.5 Å². The quantitative estimate of drug-likeness (QED) is 0.00279. The second-order valence-electron chi connectivity index (χ2n) is 21.2. The number of benzene rings is 3. The number of fused-ring (bicyclic) bond motifs is 2. The number of urea groups is 1. The largest absolute Gasteiger partial charge is 0.490 e. The maximum atomic E-state index is 12.9. The molecule has 516 valence electrons. The third kappa shape index (κ3) is 26.1. The molecule has 3 unspecified atom stereocenters. The van der Waals surface area contributed by atoms with Gasteiger partial charge in [-0.1, -0.05) is 62.5 Å². The van der Waals surface area contributed by atoms with E-state index in [-0.39, 0.29) is 59.1 Å². The van der Waals surface area contributed by atoms with Crippen molar-refractivity contribution in [3.63, 3.8) is 0 Å². The third-order valence-electron chi connectivity index (χ3n) is 13.4. The minimum absolute atomic E-state index is 0.0316. The number of anilines is 1. The Kier molecular flexibility index (Phi) is 30.6. The number of nitrogens with two attached hydrogens (primary N) is 1. The van der Waals surface area contributed by atoms with Crippen LogP contribution in [0, 0.1) is 17.3 Å². The average molecular weight is 1450 g/mol. The van der Waals surface area contributed by atoms with Gasteiger partial charge in [0.15, 0.2) is 0 Å². The Labute approximate surface area is 555 Å². The molecule has 2 aromatic carbocycles. The summed E-state index contributed by atoms with van der Waals surface area (Å²) in [4.78, 5) is 102. The van der Waals surface area contributed by atoms with Crippen molar-refractivity contribution < 1.29 is 98.7 Å². The first kappa shape index (κ1) is 77.4. The van der Waals surface area contributed by atoms with Gasteiger partial charge in [-0.3, -0.25) is 23.7 Å². The van der Waals surface area contributed by atoms with Crippen molar-refractivity contribution >= 4 is 106 Å². The summed E-state index contributed by atoms with van der Waals surface area (Å²) in [5.41, 5.74) is 8.10. The van der Waals surface area contributed by atoms with Gasteiger partial charge in [-0.2, -0.15) is 8.62 Å². The molecule has 6 atom stereocenters. The van der Waals surface area contributed by atoms with Crippen molar-refractivity contribution in [2.75, 3.05) is 89.2 Å². The highest BCUT2D eigenvalue weighted by molar-refractivity contribution is 8.77. The molecule has 3 aromatic rings. The predicted molar refractivity (Wildman–Crippen MR) is 356 cm³/mol. The molecule has 3 heterocycles. The number of carbonyl (C=O) groups is 3. The summed E-state index contributed by atoms with van der Waals surface area (Å²) in [7, 11) is -14.4. The predicted octanol–water partition coefficient (Wildman–Crippen LogP) is 6.85. The van der Waals surface area contributed by atoms with Crippen LogP contribution in [0.15, 0.2) is 81.4 Å². The zero-order chi connectivity index (χ0) is 68.6. The highest BCUT2D eigenvalue weighted by atomic mass is 33.1. The highest BCUT2D eigenvalue weighted by Crippen LogP contribution is 2.66. The van der Waals surface area contributed by atoms with Crippen LogP contribution in [0.25, 0.3) is 39.1 Å². The fourth-order valence-corrected chi connectivity index (χ4v) is 14.8. The molecule has 0 bridgehead atoms. The van der Waals surface area contributed by atoms with Crippen LogP contribution in [0.1, 0.15) is 93.4 Å². The van der Waals surface area contributed by atoms with Crippen LogP contribution in [0.4, 0.5) is 10.5 Å². The first-order valence-electron chi connectivity index (χ1n) is 29.1. The molecular formula is C57H76N7O23P3S4. The first-order valence-corrected chi connectivity index (χ1v) is 38.4. The van der Waals surface area contributed by atoms with Gasteiger partial charge in [0.1, 0.15) is 35.2 Å². The van der Waals surface area contributed by atoms with Crippen LogP contribution in [-0.4, -0.2) is 153 Å². The lowest BCUT2D eigenvalue weighted by molar-refractivity contribution is -0.144. The number of aromatic nitrogens is 2. The zero-order valence-electron chi connectivity index (χ0n) is 51.4. The molecule has 12 N–H and O–H groups in total. The molecule has 0 spiro atoms. The highest BCUT2D eigenvalue weighted by Gasteiger charge is 2.44. The molecular weight excluding hydrogens is 1370 g/mol. The number of hydrogen-bond donors (Lipinski definition) is 11. The van der Waals surface area contributed by atoms with Crippen molar-refractivity contribution in [2.24, 2.45) is 0 Å². The van der Waals surface area contributed by atoms with E-state index in [0.29, 0.717) is 127 Å². The van der Waals surface area contributed by atoms with Crippen molar-refractivity contribution in [3.05, 3.63) is 110 Å². The first-order chi connectivity index (χ1) is 44.5. The molecule has 6 rings (SSSR count). The lowest BCUT2D eigenvalue weighted by Crippen LogP contribution is -2.36. The zero-order valence-corrected chi connectivity index (χ0v) is 57.4. The summed E-state index contributed by atoms with van der Waals surface area (Å²) in [5.74, 6) is 5.29. The number of nitrogen functional groups attached to an aromatic ring is 1. The molecule has 30 nitrogen and oxygen atoms in total. The Morgan fingerprint density at radius 3 is 2.40 bits per heavy atom. The maximum absolute atomic E-state index is 12.9. The number of esters is 1. The normalized spacial score (nSPS) is 16.6. The second kappa shape index (κ2) is 37.2. The Morgan fingerprint density at radius 1 is 0.904 bits per heavy atom. The van der Waals surface area contributed by atoms with E-state index in [9.17, 15) is 52.6 Å². The van der Waals surface area contributed by atoms with E-state index in [1.807, 2.05) is 6.92 Å². The number of aromatic carboxylic acids is 1. The summed E-state index contributed by atoms with van der Waals surface area (Å²) in [6, 6.07) is 14.6. The van der Waals surface area contributed by atoms with Gasteiger partial charge in [0.25, 0.3) is 5.56 Å². The van der Waals surface area contributed by atoms with Crippen LogP contribution in [0.5, 0.6) is 0 Å². The van der Waals surface area contributed by atoms with E-state index < -0.39 is 81.2 Å². The maximum Gasteiger partial charge on any atom is 0.490 e. The fourth-order valence-electron chi connectivity index (χ4n) is 8.88. The number of H-pyrrole nitrogens is 1. The number of carboxylic acids is 1. The number of unbranched alkanes of at least 4 members (excludes halogenated alkanes) is 2. The third-order valence-corrected chi connectivity index (χ3v) is 22.3. The molecule has 0 radical (unpaired) electrons. The lowest BCUT2D eigenvalue weighted by atomic mass is 9.89. The standard InChI is InChI=1S/C57H76N7O23P3S4/c1-5-94(91)36-82-48-32-50(85-49(48)34-83-89(74,75)87-90(76,77)86-88(71,72)73)64-33-39(53(66)63-56(64)70)11-9-21-62-55(69)61-20-7-6-8-23-80-35-92-93-57(3,4)19-25-81-51(65)12-10-24-78-27-28-79-26-22-60-37(2)38-13-16-42(54(67)68)45(29-38)52-43-17-14-40(58)30-46(43)84-47-31-41(59)15-18-44(47)52/h13-18,29-31,33,48-50,58,60H,2,5-8,10,12,19-28,32,34-36,59H2,1,3-4H3,(H,67,68)(H,74,75)(H,76,77)(H2,61,62,69)(H,63,66,70)(H2,71,72,73)/t48-,49-,50-,94?/m1/s1. The van der Waals surface area contributed by atoms with Gasteiger partial charge in [0, 0.05) is 90.1 Å². The van der Waals surface area contributed by atoms with Gasteiger partial charge >= 0.3 is 47.1 Å². The summed E-state index contributed by atoms with van der Waals surface area (Å²) in [5, 5.41) is 27.8. The van der Waals surface area contributed by atoms with Crippen LogP contribution in [-0.2, 0) is 80.7 Å². The minimum Gasteiger partial charge on any atom is -0.478 e. The monoisotopic (exact) mass is 1450 g/mol. The van der Waals surface area contributed by atoms with Gasteiger partial charge in [0.05, 0.1) is 62.5 Å². The number of aromatic amines is 1. The summed E-state index contributed by atoms with van der Waals surface area (Å²) in [6.07, 6.45) is 1.17. The molecule has 1 fully saturated rings. The molecule has 1 saturated heterocycles. The number of phosphoric acid groups is 3. The van der Waals surface area contributed by atoms with Crippen molar-refractivity contribution in [1.29, 1.82) is 5.41 Å². The molecule has 2 amide bonds. The average Bonchev–Trinajstić information content (AvgIpc) is 0.871. The molecule has 2 aliphatic heterocycles. The Bertz CT molecular complexity index is 3840. The SMILES string of the molecule is C=C(NCCOCCOCCCC(=O)OCCC(C)(C)SSCOCCCCCNC(=O)NCC#Cc1cn([C@H]2C[C@@H](OCS(=S)CC)[C@@H](COP(=O)(O)OP(=O)(O)OP(=O)(O)O)O2)c(=O)[nH]c1=O)c1ccc(C(=O)O)c(-c2c3ccc(=N)cc-3oc3cc(N)ccc23)c1. The number of rotatable bonds is 40. The number of ether oxygens (including phenoxy) is 6. The van der Waals surface area contributed by atoms with Crippen molar-refractivity contribution in [3.8, 4) is 34.3 Å². The van der Waals surface area contributed by atoms with Crippen LogP contribution in [0.3, 0.4) is 0 Å². The van der Waals surface area contributed by atoms with E-state index in [4.69, 9.17) is 69.5 Å². The number of nitrogens with one attached hydrogen (secondary N) is 5. The number of amides is 2. The van der Waals surface area contributed by atoms with Crippen LogP contribution < -0.4 is 38.3 Å². The van der Waals surface area contributed by atoms with Gasteiger partial charge < -0.3 is 84.6 Å². The lowest BCUT2D eigenvalue weighted by Gasteiger charge is -2.22. The van der Waals surface area contributed by atoms with E-state index >= 15 is 0 Å². The number of phosphoric ester groups is 1. The molecule has 1 aromatic heterocycles. The minimum atomic E-state index is -5.80. The second-order valence-corrected chi connectivity index (χ2v) is 31.7. The number of nitrogens with zero attached hydrogens (tertiary/aromatic N) is 1. The summed E-state index contributed by atoms with van der Waals surface area (Å²) < 4.78 is 88.6. The van der Waals surface area contributed by atoms with E-state index in [1.54, 1.807) is 76.2 Å². The Balaban J connectivity index is 0.771. The smallest absolute Gasteiger partial charge is 0.478 e. The summed E-state index contributed by atoms with van der Waals surface area (Å²) in [6.45, 7) is 12.0. The van der Waals surface area contributed by atoms with E-state index in [1.165, 1.54) is 0 Å². The van der Waals surface area contributed by atoms with Crippen molar-refractivity contribution in [2.45, 2.75) is 88.9 Å². The molecule has 1 aliphatic carbocycles. The van der Waals surface area contributed by atoms with E-state index in [2.05, 4.69) is 61.8 Å². The van der Waals surface area contributed by atoms with Crippen LogP contribution in [0.2, 0.25) is 0 Å². The number of carbonyl (C=O) groups excluding carboxylic acids is 2. The van der Waals surface area contributed by atoms with E-state index in [0.717, 1.165) is 23.6 Å². The molecule has 0 saturated carbocycles. The molecule has 3 aliphatic rings. The molecule has 94 heavy (non-hydrogen) atoms. The van der Waals surface area contributed by atoms with Crippen LogP contribution >= 0.6 is 45.1 Å².